The van der Waals surface area contributed by atoms with Gasteiger partial charge in [0, 0.05) is 36.1 Å². The third-order valence-electron chi connectivity index (χ3n) is 4.60. The molecule has 11 heteroatoms. The van der Waals surface area contributed by atoms with Gasteiger partial charge in [-0.2, -0.15) is 15.1 Å². The molecule has 1 aliphatic carbocycles. The quantitative estimate of drug-likeness (QED) is 0.441. The lowest BCUT2D eigenvalue weighted by molar-refractivity contribution is 0.598. The molecule has 10 nitrogen and oxygen atoms in total. The molecule has 3 N–H and O–H groups in total. The van der Waals surface area contributed by atoms with E-state index in [1.165, 1.54) is 0 Å². The van der Waals surface area contributed by atoms with Crippen molar-refractivity contribution in [2.45, 2.75) is 23.9 Å². The van der Waals surface area contributed by atoms with Crippen LogP contribution in [0.15, 0.2) is 48.0 Å². The van der Waals surface area contributed by atoms with Crippen molar-refractivity contribution in [3.63, 3.8) is 0 Å². The Bertz CT molecular complexity index is 1280. The van der Waals surface area contributed by atoms with E-state index in [0.29, 0.717) is 22.8 Å². The Morgan fingerprint density at radius 3 is 2.62 bits per heavy atom. The first-order chi connectivity index (χ1) is 14.0. The van der Waals surface area contributed by atoms with Gasteiger partial charge in [0.1, 0.15) is 11.2 Å². The van der Waals surface area contributed by atoms with E-state index < -0.39 is 9.84 Å². The lowest BCUT2D eigenvalue weighted by atomic mass is 10.3. The van der Waals surface area contributed by atoms with E-state index in [1.54, 1.807) is 12.5 Å². The lowest BCUT2D eigenvalue weighted by Crippen LogP contribution is -2.08. The maximum Gasteiger partial charge on any atom is 0.231 e. The number of rotatable bonds is 6. The van der Waals surface area contributed by atoms with Crippen molar-refractivity contribution in [1.82, 2.24) is 29.7 Å². The molecule has 0 aliphatic heterocycles. The van der Waals surface area contributed by atoms with Crippen molar-refractivity contribution in [3.05, 3.63) is 43.0 Å². The van der Waals surface area contributed by atoms with Crippen molar-refractivity contribution in [3.8, 4) is 5.69 Å². The molecule has 1 saturated carbocycles. The first-order valence-corrected chi connectivity index (χ1v) is 10.9. The van der Waals surface area contributed by atoms with Gasteiger partial charge in [0.05, 0.1) is 6.33 Å². The minimum atomic E-state index is -3.49. The molecular formula is C18H18N8O2S. The number of nitrogens with zero attached hydrogens (tertiary/aromatic N) is 5. The topological polar surface area (TPSA) is 130 Å². The Hall–Kier alpha value is -3.47. The van der Waals surface area contributed by atoms with Crippen molar-refractivity contribution < 1.29 is 8.42 Å². The number of hydrogen-bond acceptors (Lipinski definition) is 8. The molecule has 29 heavy (non-hydrogen) atoms. The van der Waals surface area contributed by atoms with Gasteiger partial charge in [-0.05, 0) is 37.1 Å². The number of sulfone groups is 1. The fraction of sp³-hybridized carbons (Fsp3) is 0.222. The Morgan fingerprint density at radius 1 is 1.17 bits per heavy atom. The van der Waals surface area contributed by atoms with E-state index in [2.05, 4.69) is 35.8 Å². The normalized spacial score (nSPS) is 14.2. The summed E-state index contributed by atoms with van der Waals surface area (Å²) in [7, 11) is -3.49. The minimum Gasteiger partial charge on any atom is -0.367 e. The zero-order valence-electron chi connectivity index (χ0n) is 15.5. The molecule has 1 aromatic carbocycles. The van der Waals surface area contributed by atoms with Crippen molar-refractivity contribution in [2.75, 3.05) is 16.9 Å². The van der Waals surface area contributed by atoms with Gasteiger partial charge in [0.25, 0.3) is 0 Å². The zero-order valence-corrected chi connectivity index (χ0v) is 16.3. The molecule has 1 fully saturated rings. The van der Waals surface area contributed by atoms with Crippen LogP contribution in [0.1, 0.15) is 12.8 Å². The Balaban J connectivity index is 1.50. The van der Waals surface area contributed by atoms with Crippen LogP contribution in [0, 0.1) is 0 Å². The second-order valence-corrected chi connectivity index (χ2v) is 8.93. The minimum absolute atomic E-state index is 0.0203. The van der Waals surface area contributed by atoms with Gasteiger partial charge >= 0.3 is 0 Å². The van der Waals surface area contributed by atoms with E-state index >= 15 is 0 Å². The lowest BCUT2D eigenvalue weighted by Gasteiger charge is -2.10. The number of nitrogens with one attached hydrogen (secondary N) is 3. The second-order valence-electron chi connectivity index (χ2n) is 6.98. The van der Waals surface area contributed by atoms with E-state index in [-0.39, 0.29) is 11.1 Å². The maximum atomic E-state index is 12.1. The number of hydrogen-bond donors (Lipinski definition) is 3. The molecule has 0 bridgehead atoms. The Kier molecular flexibility index (Phi) is 3.98. The average molecular weight is 410 g/mol. The number of benzene rings is 1. The SMILES string of the molecule is CS(=O)(=O)c1[nH]nc2nc(Nc3ccc(-n4ccnc4)cc3)nc(NC3CC3)c12. The summed E-state index contributed by atoms with van der Waals surface area (Å²) in [5.74, 6) is 0.798. The van der Waals surface area contributed by atoms with Crippen LogP contribution < -0.4 is 10.6 Å². The van der Waals surface area contributed by atoms with Crippen LogP contribution in [0.4, 0.5) is 17.5 Å². The van der Waals surface area contributed by atoms with Gasteiger partial charge in [-0.25, -0.2) is 13.4 Å². The molecule has 3 aromatic heterocycles. The number of fused-ring (bicyclic) bond motifs is 1. The van der Waals surface area contributed by atoms with Gasteiger partial charge in [-0.15, -0.1) is 0 Å². The fourth-order valence-electron chi connectivity index (χ4n) is 3.01. The van der Waals surface area contributed by atoms with E-state index in [9.17, 15) is 8.42 Å². The summed E-state index contributed by atoms with van der Waals surface area (Å²) in [5, 5.41) is 13.5. The van der Waals surface area contributed by atoms with E-state index in [0.717, 1.165) is 30.5 Å². The molecule has 0 unspecified atom stereocenters. The third kappa shape index (κ3) is 3.51. The van der Waals surface area contributed by atoms with E-state index in [4.69, 9.17) is 0 Å². The summed E-state index contributed by atoms with van der Waals surface area (Å²) in [4.78, 5) is 12.9. The molecule has 5 rings (SSSR count). The summed E-state index contributed by atoms with van der Waals surface area (Å²) in [6.45, 7) is 0. The number of H-pyrrole nitrogens is 1. The summed E-state index contributed by atoms with van der Waals surface area (Å²) in [5.41, 5.74) is 2.07. The van der Waals surface area contributed by atoms with Crippen molar-refractivity contribution >= 4 is 38.3 Å². The highest BCUT2D eigenvalue weighted by molar-refractivity contribution is 7.90. The highest BCUT2D eigenvalue weighted by atomic mass is 32.2. The molecule has 3 heterocycles. The van der Waals surface area contributed by atoms with Gasteiger partial charge in [0.15, 0.2) is 20.5 Å². The molecule has 0 spiro atoms. The molecule has 0 atom stereocenters. The van der Waals surface area contributed by atoms with Crippen LogP contribution in [0.3, 0.4) is 0 Å². The first kappa shape index (κ1) is 17.6. The highest BCUT2D eigenvalue weighted by Crippen LogP contribution is 2.32. The first-order valence-electron chi connectivity index (χ1n) is 9.05. The Morgan fingerprint density at radius 2 is 1.97 bits per heavy atom. The summed E-state index contributed by atoms with van der Waals surface area (Å²) < 4.78 is 26.1. The molecule has 0 amide bonds. The number of imidazole rings is 1. The summed E-state index contributed by atoms with van der Waals surface area (Å²) in [6.07, 6.45) is 8.50. The molecule has 0 saturated heterocycles. The van der Waals surface area contributed by atoms with Crippen LogP contribution in [-0.2, 0) is 9.84 Å². The smallest absolute Gasteiger partial charge is 0.231 e. The molecular weight excluding hydrogens is 392 g/mol. The number of aromatic nitrogens is 6. The largest absolute Gasteiger partial charge is 0.367 e. The van der Waals surface area contributed by atoms with Gasteiger partial charge in [0.2, 0.25) is 5.95 Å². The summed E-state index contributed by atoms with van der Waals surface area (Å²) in [6, 6.07) is 8.00. The molecule has 1 aliphatic rings. The molecule has 148 valence electrons. The standard InChI is InChI=1S/C18H18N8O2S/c1-29(27,28)17-14-15(20-11-2-3-11)22-18(23-16(14)24-25-17)21-12-4-6-13(7-5-12)26-9-8-19-10-26/h4-11H,2-3H2,1H3,(H3,20,21,22,23,24,25). The zero-order chi connectivity index (χ0) is 20.0. The van der Waals surface area contributed by atoms with Crippen molar-refractivity contribution in [1.29, 1.82) is 0 Å². The molecule has 4 aromatic rings. The predicted molar refractivity (Wildman–Crippen MR) is 108 cm³/mol. The van der Waals surface area contributed by atoms with Gasteiger partial charge in [-0.1, -0.05) is 0 Å². The van der Waals surface area contributed by atoms with Gasteiger partial charge in [-0.3, -0.25) is 5.10 Å². The van der Waals surface area contributed by atoms with Gasteiger partial charge < -0.3 is 15.2 Å². The van der Waals surface area contributed by atoms with E-state index in [1.807, 2.05) is 35.0 Å². The number of anilines is 3. The fourth-order valence-corrected chi connectivity index (χ4v) is 3.78. The monoisotopic (exact) mass is 410 g/mol. The molecule has 0 radical (unpaired) electrons. The number of aromatic amines is 1. The van der Waals surface area contributed by atoms with Crippen LogP contribution in [0.2, 0.25) is 0 Å². The predicted octanol–water partition coefficient (Wildman–Crippen LogP) is 2.26. The van der Waals surface area contributed by atoms with Crippen LogP contribution in [-0.4, -0.2) is 50.4 Å². The Labute approximate surface area is 166 Å². The van der Waals surface area contributed by atoms with Crippen LogP contribution >= 0.6 is 0 Å². The summed E-state index contributed by atoms with van der Waals surface area (Å²) >= 11 is 0. The van der Waals surface area contributed by atoms with Crippen molar-refractivity contribution in [2.24, 2.45) is 0 Å². The third-order valence-corrected chi connectivity index (χ3v) is 5.63. The highest BCUT2D eigenvalue weighted by Gasteiger charge is 2.27. The van der Waals surface area contributed by atoms with Crippen LogP contribution in [0.25, 0.3) is 16.7 Å². The average Bonchev–Trinajstić information content (AvgIpc) is 3.17. The van der Waals surface area contributed by atoms with Crippen LogP contribution in [0.5, 0.6) is 0 Å². The maximum absolute atomic E-state index is 12.1. The second kappa shape index (κ2) is 6.55.